The number of sulfone groups is 1. The van der Waals surface area contributed by atoms with E-state index in [9.17, 15) is 13.5 Å². The maximum atomic E-state index is 11.4. The monoisotopic (exact) mass is 223 g/mol. The van der Waals surface area contributed by atoms with Gasteiger partial charge in [0.2, 0.25) is 0 Å². The summed E-state index contributed by atoms with van der Waals surface area (Å²) in [5, 5.41) is 12.3. The van der Waals surface area contributed by atoms with Crippen molar-refractivity contribution in [1.29, 1.82) is 0 Å². The fourth-order valence-corrected chi connectivity index (χ4v) is 3.09. The van der Waals surface area contributed by atoms with E-state index in [4.69, 9.17) is 0 Å². The highest BCUT2D eigenvalue weighted by Crippen LogP contribution is 2.02. The normalized spacial score (nSPS) is 14.6. The lowest BCUT2D eigenvalue weighted by atomic mass is 10.3. The summed E-state index contributed by atoms with van der Waals surface area (Å²) in [5.41, 5.74) is 0. The molecule has 0 heterocycles. The highest BCUT2D eigenvalue weighted by Gasteiger charge is 2.18. The number of hydrogen-bond donors (Lipinski definition) is 2. The van der Waals surface area contributed by atoms with Crippen LogP contribution in [0.3, 0.4) is 0 Å². The van der Waals surface area contributed by atoms with Crippen LogP contribution in [0.4, 0.5) is 0 Å². The third kappa shape index (κ3) is 7.29. The average Bonchev–Trinajstić information content (AvgIpc) is 1.96. The van der Waals surface area contributed by atoms with Crippen molar-refractivity contribution >= 4 is 9.84 Å². The molecule has 0 fully saturated rings. The second kappa shape index (κ2) is 6.37. The van der Waals surface area contributed by atoms with Crippen LogP contribution in [0.5, 0.6) is 0 Å². The Balaban J connectivity index is 3.96. The molecule has 5 heteroatoms. The van der Waals surface area contributed by atoms with Crippen molar-refractivity contribution in [2.75, 3.05) is 24.6 Å². The minimum absolute atomic E-state index is 0.117. The van der Waals surface area contributed by atoms with Gasteiger partial charge in [0.25, 0.3) is 0 Å². The van der Waals surface area contributed by atoms with Gasteiger partial charge < -0.3 is 10.4 Å². The summed E-state index contributed by atoms with van der Waals surface area (Å²) in [6.45, 7) is 6.70. The van der Waals surface area contributed by atoms with E-state index in [1.54, 1.807) is 0 Å². The van der Waals surface area contributed by atoms with Gasteiger partial charge in [-0.15, -0.1) is 0 Å². The first-order valence-corrected chi connectivity index (χ1v) is 6.78. The summed E-state index contributed by atoms with van der Waals surface area (Å²) in [7, 11) is -3.10. The predicted octanol–water partition coefficient (Wildman–Crippen LogP) is 0.0276. The van der Waals surface area contributed by atoms with Gasteiger partial charge in [-0.3, -0.25) is 0 Å². The van der Waals surface area contributed by atoms with Gasteiger partial charge in [-0.2, -0.15) is 0 Å². The van der Waals surface area contributed by atoms with Crippen LogP contribution in [0.2, 0.25) is 0 Å². The second-order valence-electron chi connectivity index (χ2n) is 3.93. The molecule has 0 aromatic heterocycles. The fourth-order valence-electron chi connectivity index (χ4n) is 1.24. The molecule has 0 aliphatic rings. The molecule has 0 bridgehead atoms. The van der Waals surface area contributed by atoms with Crippen LogP contribution >= 0.6 is 0 Å². The summed E-state index contributed by atoms with van der Waals surface area (Å²) < 4.78 is 22.9. The molecule has 86 valence electrons. The molecule has 0 spiro atoms. The summed E-state index contributed by atoms with van der Waals surface area (Å²) in [6, 6.07) is 0. The Morgan fingerprint density at radius 2 is 1.86 bits per heavy atom. The van der Waals surface area contributed by atoms with Gasteiger partial charge in [-0.05, 0) is 12.5 Å². The predicted molar refractivity (Wildman–Crippen MR) is 58.0 cm³/mol. The van der Waals surface area contributed by atoms with Gasteiger partial charge in [0.1, 0.15) is 0 Å². The summed E-state index contributed by atoms with van der Waals surface area (Å²) >= 11 is 0. The Kier molecular flexibility index (Phi) is 6.31. The van der Waals surface area contributed by atoms with Crippen molar-refractivity contribution in [2.24, 2.45) is 5.92 Å². The summed E-state index contributed by atoms with van der Waals surface area (Å²) in [6.07, 6.45) is -0.793. The number of nitrogens with one attached hydrogen (secondary N) is 1. The second-order valence-corrected chi connectivity index (χ2v) is 6.09. The van der Waals surface area contributed by atoms with Crippen LogP contribution in [-0.2, 0) is 9.84 Å². The van der Waals surface area contributed by atoms with Crippen molar-refractivity contribution in [1.82, 2.24) is 5.32 Å². The van der Waals surface area contributed by atoms with Crippen molar-refractivity contribution in [3.05, 3.63) is 0 Å². The van der Waals surface area contributed by atoms with Crippen molar-refractivity contribution in [2.45, 2.75) is 26.9 Å². The Morgan fingerprint density at radius 3 is 2.29 bits per heavy atom. The van der Waals surface area contributed by atoms with Crippen molar-refractivity contribution in [3.8, 4) is 0 Å². The Bertz CT molecular complexity index is 236. The number of aliphatic hydroxyl groups excluding tert-OH is 1. The Labute approximate surface area is 86.6 Å². The van der Waals surface area contributed by atoms with Crippen LogP contribution < -0.4 is 5.32 Å². The average molecular weight is 223 g/mol. The van der Waals surface area contributed by atoms with E-state index in [0.717, 1.165) is 6.54 Å². The van der Waals surface area contributed by atoms with Crippen LogP contribution in [0.25, 0.3) is 0 Å². The van der Waals surface area contributed by atoms with Gasteiger partial charge in [0.15, 0.2) is 9.84 Å². The molecule has 0 aromatic carbocycles. The van der Waals surface area contributed by atoms with E-state index >= 15 is 0 Å². The van der Waals surface area contributed by atoms with E-state index in [2.05, 4.69) is 5.32 Å². The molecule has 2 N–H and O–H groups in total. The van der Waals surface area contributed by atoms with E-state index < -0.39 is 15.9 Å². The largest absolute Gasteiger partial charge is 0.391 e. The molecule has 0 amide bonds. The third-order valence-corrected chi connectivity index (χ3v) is 3.73. The highest BCUT2D eigenvalue weighted by atomic mass is 32.2. The minimum Gasteiger partial charge on any atom is -0.391 e. The number of hydrogen-bond acceptors (Lipinski definition) is 4. The van der Waals surface area contributed by atoms with Gasteiger partial charge in [-0.25, -0.2) is 8.42 Å². The van der Waals surface area contributed by atoms with E-state index in [1.807, 2.05) is 20.8 Å². The SMILES string of the molecule is CCNCC(O)CS(=O)(=O)CC(C)C. The first-order chi connectivity index (χ1) is 6.37. The quantitative estimate of drug-likeness (QED) is 0.639. The van der Waals surface area contributed by atoms with Gasteiger partial charge in [-0.1, -0.05) is 20.8 Å². The minimum atomic E-state index is -3.10. The third-order valence-electron chi connectivity index (χ3n) is 1.66. The summed E-state index contributed by atoms with van der Waals surface area (Å²) in [4.78, 5) is 0. The number of aliphatic hydroxyl groups is 1. The standard InChI is InChI=1S/C9H21NO3S/c1-4-10-5-9(11)7-14(12,13)6-8(2)3/h8-11H,4-7H2,1-3H3. The van der Waals surface area contributed by atoms with Gasteiger partial charge in [0.05, 0.1) is 17.6 Å². The maximum absolute atomic E-state index is 11.4. The first kappa shape index (κ1) is 13.9. The lowest BCUT2D eigenvalue weighted by Crippen LogP contribution is -2.33. The van der Waals surface area contributed by atoms with Crippen LogP contribution in [0.1, 0.15) is 20.8 Å². The molecule has 4 nitrogen and oxygen atoms in total. The maximum Gasteiger partial charge on any atom is 0.153 e. The molecule has 14 heavy (non-hydrogen) atoms. The zero-order chi connectivity index (χ0) is 11.2. The van der Waals surface area contributed by atoms with E-state index in [-0.39, 0.29) is 17.4 Å². The van der Waals surface area contributed by atoms with Gasteiger partial charge >= 0.3 is 0 Å². The molecule has 0 aliphatic carbocycles. The summed E-state index contributed by atoms with van der Waals surface area (Å²) in [5.74, 6) is 0.125. The lowest BCUT2D eigenvalue weighted by molar-refractivity contribution is 0.194. The fraction of sp³-hybridized carbons (Fsp3) is 1.00. The van der Waals surface area contributed by atoms with Crippen molar-refractivity contribution in [3.63, 3.8) is 0 Å². The number of rotatable bonds is 7. The molecule has 0 aliphatic heterocycles. The molecular formula is C9H21NO3S. The lowest BCUT2D eigenvalue weighted by Gasteiger charge is -2.12. The molecule has 0 saturated heterocycles. The number of likely N-dealkylation sites (N-methyl/N-ethyl adjacent to an activating group) is 1. The first-order valence-electron chi connectivity index (χ1n) is 4.96. The molecule has 0 saturated carbocycles. The smallest absolute Gasteiger partial charge is 0.153 e. The molecule has 1 unspecified atom stereocenters. The van der Waals surface area contributed by atoms with E-state index in [1.165, 1.54) is 0 Å². The van der Waals surface area contributed by atoms with Crippen LogP contribution in [0, 0.1) is 5.92 Å². The molecular weight excluding hydrogens is 202 g/mol. The molecule has 0 rings (SSSR count). The topological polar surface area (TPSA) is 66.4 Å². The molecule has 0 radical (unpaired) electrons. The highest BCUT2D eigenvalue weighted by molar-refractivity contribution is 7.91. The molecule has 1 atom stereocenters. The Morgan fingerprint density at radius 1 is 1.29 bits per heavy atom. The Hall–Kier alpha value is -0.130. The molecule has 0 aromatic rings. The van der Waals surface area contributed by atoms with E-state index in [0.29, 0.717) is 6.54 Å². The van der Waals surface area contributed by atoms with Crippen LogP contribution in [-0.4, -0.2) is 44.2 Å². The van der Waals surface area contributed by atoms with Crippen LogP contribution in [0.15, 0.2) is 0 Å². The zero-order valence-corrected chi connectivity index (χ0v) is 9.97. The van der Waals surface area contributed by atoms with Crippen molar-refractivity contribution < 1.29 is 13.5 Å². The van der Waals surface area contributed by atoms with Gasteiger partial charge in [0, 0.05) is 6.54 Å². The zero-order valence-electron chi connectivity index (χ0n) is 9.16.